The quantitative estimate of drug-likeness (QED) is 0.911. The van der Waals surface area contributed by atoms with Gasteiger partial charge in [-0.05, 0) is 24.1 Å². The Balaban J connectivity index is 2.26. The second-order valence-corrected chi connectivity index (χ2v) is 5.79. The van der Waals surface area contributed by atoms with Crippen LogP contribution in [0, 0.1) is 5.92 Å². The van der Waals surface area contributed by atoms with Gasteiger partial charge in [-0.2, -0.15) is 0 Å². The van der Waals surface area contributed by atoms with Crippen LogP contribution < -0.4 is 0 Å². The molecule has 2 aromatic rings. The number of hydrogen-bond acceptors (Lipinski definition) is 3. The molecule has 86 valence electrons. The van der Waals surface area contributed by atoms with Crippen molar-refractivity contribution in [2.75, 3.05) is 0 Å². The molecule has 16 heavy (non-hydrogen) atoms. The van der Waals surface area contributed by atoms with Gasteiger partial charge in [0.2, 0.25) is 0 Å². The highest BCUT2D eigenvalue weighted by molar-refractivity contribution is 7.18. The molecule has 2 rings (SSSR count). The Kier molecular flexibility index (Phi) is 3.47. The van der Waals surface area contributed by atoms with Crippen molar-refractivity contribution in [1.82, 2.24) is 4.98 Å². The van der Waals surface area contributed by atoms with Crippen molar-refractivity contribution in [3.63, 3.8) is 0 Å². The molecule has 1 atom stereocenters. The van der Waals surface area contributed by atoms with Crippen molar-refractivity contribution >= 4 is 33.2 Å². The molecule has 1 N–H and O–H groups in total. The van der Waals surface area contributed by atoms with E-state index >= 15 is 0 Å². The summed E-state index contributed by atoms with van der Waals surface area (Å²) in [5.41, 5.74) is 0.959. The highest BCUT2D eigenvalue weighted by Crippen LogP contribution is 2.26. The molecular formula is C12H14ClNOS. The second-order valence-electron chi connectivity index (χ2n) is 4.24. The zero-order valence-electron chi connectivity index (χ0n) is 9.27. The molecule has 0 aliphatic carbocycles. The van der Waals surface area contributed by atoms with Crippen LogP contribution in [0.3, 0.4) is 0 Å². The first-order valence-corrected chi connectivity index (χ1v) is 6.48. The van der Waals surface area contributed by atoms with E-state index in [1.807, 2.05) is 32.0 Å². The molecule has 1 aromatic heterocycles. The summed E-state index contributed by atoms with van der Waals surface area (Å²) in [4.78, 5) is 4.48. The monoisotopic (exact) mass is 255 g/mol. The standard InChI is InChI=1S/C12H14ClNOS/c1-7(2)10(15)6-12-14-9-4-3-8(13)5-11(9)16-12/h3-5,7,10,15H,6H2,1-2H3. The van der Waals surface area contributed by atoms with Crippen LogP contribution in [-0.2, 0) is 6.42 Å². The Morgan fingerprint density at radius 2 is 2.19 bits per heavy atom. The summed E-state index contributed by atoms with van der Waals surface area (Å²) in [6, 6.07) is 5.67. The van der Waals surface area contributed by atoms with Gasteiger partial charge < -0.3 is 5.11 Å². The number of aliphatic hydroxyl groups is 1. The van der Waals surface area contributed by atoms with Gasteiger partial charge in [0.05, 0.1) is 21.3 Å². The summed E-state index contributed by atoms with van der Waals surface area (Å²) < 4.78 is 1.08. The first-order valence-electron chi connectivity index (χ1n) is 5.29. The molecule has 0 amide bonds. The molecule has 2 nitrogen and oxygen atoms in total. The molecule has 0 bridgehead atoms. The van der Waals surface area contributed by atoms with E-state index in [0.29, 0.717) is 6.42 Å². The van der Waals surface area contributed by atoms with Crippen LogP contribution in [0.15, 0.2) is 18.2 Å². The maximum Gasteiger partial charge on any atom is 0.0964 e. The Morgan fingerprint density at radius 1 is 1.44 bits per heavy atom. The molecule has 0 saturated carbocycles. The summed E-state index contributed by atoms with van der Waals surface area (Å²) >= 11 is 7.52. The average Bonchev–Trinajstić information content (AvgIpc) is 2.58. The van der Waals surface area contributed by atoms with Crippen molar-refractivity contribution in [1.29, 1.82) is 0 Å². The molecule has 4 heteroatoms. The van der Waals surface area contributed by atoms with Crippen molar-refractivity contribution in [2.45, 2.75) is 26.4 Å². The predicted molar refractivity (Wildman–Crippen MR) is 69.2 cm³/mol. The molecule has 1 aromatic carbocycles. The van der Waals surface area contributed by atoms with Crippen LogP contribution in [0.25, 0.3) is 10.2 Å². The number of nitrogens with zero attached hydrogens (tertiary/aromatic N) is 1. The lowest BCUT2D eigenvalue weighted by atomic mass is 10.1. The lowest BCUT2D eigenvalue weighted by molar-refractivity contribution is 0.125. The zero-order chi connectivity index (χ0) is 11.7. The highest BCUT2D eigenvalue weighted by atomic mass is 35.5. The number of aliphatic hydroxyl groups excluding tert-OH is 1. The SMILES string of the molecule is CC(C)C(O)Cc1nc2ccc(Cl)cc2s1. The average molecular weight is 256 g/mol. The first kappa shape index (κ1) is 11.8. The van der Waals surface area contributed by atoms with Crippen LogP contribution in [0.1, 0.15) is 18.9 Å². The fourth-order valence-corrected chi connectivity index (χ4v) is 2.74. The summed E-state index contributed by atoms with van der Waals surface area (Å²) in [6.45, 7) is 4.02. The van der Waals surface area contributed by atoms with Gasteiger partial charge in [-0.1, -0.05) is 25.4 Å². The summed E-state index contributed by atoms with van der Waals surface area (Å²) in [7, 11) is 0. The van der Waals surface area contributed by atoms with E-state index in [4.69, 9.17) is 11.6 Å². The number of thiazole rings is 1. The lowest BCUT2D eigenvalue weighted by Crippen LogP contribution is -2.17. The van der Waals surface area contributed by atoms with Gasteiger partial charge in [-0.3, -0.25) is 0 Å². The smallest absolute Gasteiger partial charge is 0.0964 e. The zero-order valence-corrected chi connectivity index (χ0v) is 10.8. The number of fused-ring (bicyclic) bond motifs is 1. The van der Waals surface area contributed by atoms with E-state index in [1.54, 1.807) is 11.3 Å². The third-order valence-corrected chi connectivity index (χ3v) is 3.82. The minimum Gasteiger partial charge on any atom is -0.392 e. The van der Waals surface area contributed by atoms with Gasteiger partial charge in [-0.25, -0.2) is 4.98 Å². The molecule has 1 heterocycles. The largest absolute Gasteiger partial charge is 0.392 e. The van der Waals surface area contributed by atoms with E-state index in [2.05, 4.69) is 4.98 Å². The van der Waals surface area contributed by atoms with E-state index in [1.165, 1.54) is 0 Å². The normalized spacial score (nSPS) is 13.6. The van der Waals surface area contributed by atoms with Gasteiger partial charge in [0, 0.05) is 11.4 Å². The number of aromatic nitrogens is 1. The lowest BCUT2D eigenvalue weighted by Gasteiger charge is -2.11. The van der Waals surface area contributed by atoms with Crippen LogP contribution in [0.4, 0.5) is 0 Å². The Bertz CT molecular complexity index is 495. The van der Waals surface area contributed by atoms with Crippen molar-refractivity contribution in [3.05, 3.63) is 28.2 Å². The topological polar surface area (TPSA) is 33.1 Å². The van der Waals surface area contributed by atoms with Crippen LogP contribution in [0.2, 0.25) is 5.02 Å². The Labute approximate surface area is 104 Å². The maximum atomic E-state index is 9.80. The fraction of sp³-hybridized carbons (Fsp3) is 0.417. The van der Waals surface area contributed by atoms with E-state index in [9.17, 15) is 5.11 Å². The Hall–Kier alpha value is -0.640. The van der Waals surface area contributed by atoms with Crippen molar-refractivity contribution in [2.24, 2.45) is 5.92 Å². The first-order chi connectivity index (χ1) is 7.56. The van der Waals surface area contributed by atoms with Crippen molar-refractivity contribution < 1.29 is 5.11 Å². The van der Waals surface area contributed by atoms with E-state index < -0.39 is 0 Å². The molecule has 0 radical (unpaired) electrons. The number of halogens is 1. The third kappa shape index (κ3) is 2.54. The van der Waals surface area contributed by atoms with Gasteiger partial charge in [0.1, 0.15) is 0 Å². The van der Waals surface area contributed by atoms with Crippen LogP contribution in [0.5, 0.6) is 0 Å². The van der Waals surface area contributed by atoms with E-state index in [-0.39, 0.29) is 12.0 Å². The summed E-state index contributed by atoms with van der Waals surface area (Å²) in [5, 5.41) is 11.5. The van der Waals surface area contributed by atoms with E-state index in [0.717, 1.165) is 20.2 Å². The molecule has 0 saturated heterocycles. The van der Waals surface area contributed by atoms with Crippen LogP contribution >= 0.6 is 22.9 Å². The van der Waals surface area contributed by atoms with Gasteiger partial charge in [-0.15, -0.1) is 11.3 Å². The minimum atomic E-state index is -0.323. The Morgan fingerprint density at radius 3 is 2.88 bits per heavy atom. The molecular weight excluding hydrogens is 242 g/mol. The van der Waals surface area contributed by atoms with Gasteiger partial charge >= 0.3 is 0 Å². The number of rotatable bonds is 3. The molecule has 0 spiro atoms. The highest BCUT2D eigenvalue weighted by Gasteiger charge is 2.13. The number of benzene rings is 1. The minimum absolute atomic E-state index is 0.260. The molecule has 0 aliphatic rings. The van der Waals surface area contributed by atoms with Crippen molar-refractivity contribution in [3.8, 4) is 0 Å². The van der Waals surface area contributed by atoms with Gasteiger partial charge in [0.15, 0.2) is 0 Å². The molecule has 0 fully saturated rings. The third-order valence-electron chi connectivity index (χ3n) is 2.55. The second kappa shape index (κ2) is 4.70. The van der Waals surface area contributed by atoms with Gasteiger partial charge in [0.25, 0.3) is 0 Å². The molecule has 1 unspecified atom stereocenters. The molecule has 0 aliphatic heterocycles. The maximum absolute atomic E-state index is 9.80. The fourth-order valence-electron chi connectivity index (χ4n) is 1.45. The number of hydrogen-bond donors (Lipinski definition) is 1. The predicted octanol–water partition coefficient (Wildman–Crippen LogP) is 3.51. The summed E-state index contributed by atoms with van der Waals surface area (Å²) in [6.07, 6.45) is 0.297. The van der Waals surface area contributed by atoms with Crippen LogP contribution in [-0.4, -0.2) is 16.2 Å². The summed E-state index contributed by atoms with van der Waals surface area (Å²) in [5.74, 6) is 0.260.